The number of nitrogens with zero attached hydrogens (tertiary/aromatic N) is 1. The van der Waals surface area contributed by atoms with Crippen molar-refractivity contribution in [3.63, 3.8) is 0 Å². The molecule has 1 aliphatic carbocycles. The molecule has 1 atom stereocenters. The third-order valence-electron chi connectivity index (χ3n) is 5.12. The van der Waals surface area contributed by atoms with Crippen molar-refractivity contribution in [2.45, 2.75) is 25.2 Å². The van der Waals surface area contributed by atoms with Gasteiger partial charge in [-0.05, 0) is 71.9 Å². The Balaban J connectivity index is 1.82. The van der Waals surface area contributed by atoms with E-state index in [1.54, 1.807) is 24.3 Å². The highest BCUT2D eigenvalue weighted by atomic mass is 19.1. The summed E-state index contributed by atoms with van der Waals surface area (Å²) in [5.41, 5.74) is 10.0. The molecule has 2 N–H and O–H groups in total. The quantitative estimate of drug-likeness (QED) is 0.774. The van der Waals surface area contributed by atoms with Gasteiger partial charge in [-0.2, -0.15) is 5.26 Å². The van der Waals surface area contributed by atoms with Crippen LogP contribution in [0.15, 0.2) is 76.9 Å². The first-order chi connectivity index (χ1) is 13.6. The first-order valence-electron chi connectivity index (χ1n) is 9.09. The van der Waals surface area contributed by atoms with E-state index in [2.05, 4.69) is 6.07 Å². The highest BCUT2D eigenvalue weighted by Crippen LogP contribution is 2.46. The molecule has 3 nitrogen and oxygen atoms in total. The Bertz CT molecular complexity index is 1040. The van der Waals surface area contributed by atoms with Gasteiger partial charge in [-0.1, -0.05) is 24.3 Å². The molecular formula is C23H18F2N2O. The van der Waals surface area contributed by atoms with Crippen LogP contribution in [-0.2, 0) is 4.74 Å². The van der Waals surface area contributed by atoms with Crippen molar-refractivity contribution in [1.82, 2.24) is 0 Å². The standard InChI is InChI=1S/C23H18F2N2O/c24-17-8-4-14(5-9-17)12-16-2-1-3-19-21(15-6-10-18(25)11-7-15)20(13-26)23(27)28-22(16)19/h4-12,21H,1-3,27H2/b16-12-/t21-/m1/s1. The summed E-state index contributed by atoms with van der Waals surface area (Å²) < 4.78 is 32.5. The Labute approximate surface area is 162 Å². The van der Waals surface area contributed by atoms with Crippen molar-refractivity contribution in [3.8, 4) is 6.07 Å². The summed E-state index contributed by atoms with van der Waals surface area (Å²) in [6.07, 6.45) is 4.41. The third-order valence-corrected chi connectivity index (χ3v) is 5.12. The van der Waals surface area contributed by atoms with Crippen LogP contribution < -0.4 is 5.73 Å². The molecule has 0 bridgehead atoms. The molecule has 2 aromatic carbocycles. The molecule has 0 spiro atoms. The number of nitriles is 1. The summed E-state index contributed by atoms with van der Waals surface area (Å²) in [5, 5.41) is 9.65. The van der Waals surface area contributed by atoms with Crippen molar-refractivity contribution < 1.29 is 13.5 Å². The Hall–Kier alpha value is -3.39. The summed E-state index contributed by atoms with van der Waals surface area (Å²) >= 11 is 0. The molecule has 1 aliphatic heterocycles. The topological polar surface area (TPSA) is 59.0 Å². The zero-order chi connectivity index (χ0) is 19.7. The molecule has 4 rings (SSSR count). The maximum Gasteiger partial charge on any atom is 0.205 e. The number of hydrogen-bond donors (Lipinski definition) is 1. The van der Waals surface area contributed by atoms with Crippen LogP contribution in [0.5, 0.6) is 0 Å². The first-order valence-corrected chi connectivity index (χ1v) is 9.09. The third kappa shape index (κ3) is 3.29. The van der Waals surface area contributed by atoms with Crippen LogP contribution >= 0.6 is 0 Å². The van der Waals surface area contributed by atoms with Gasteiger partial charge < -0.3 is 10.5 Å². The van der Waals surface area contributed by atoms with Crippen LogP contribution in [0.1, 0.15) is 36.3 Å². The molecule has 0 unspecified atom stereocenters. The summed E-state index contributed by atoms with van der Waals surface area (Å²) in [5.74, 6) is -0.238. The normalized spacial score (nSPS) is 20.6. The number of hydrogen-bond acceptors (Lipinski definition) is 3. The van der Waals surface area contributed by atoms with Gasteiger partial charge in [-0.3, -0.25) is 0 Å². The molecule has 0 saturated heterocycles. The van der Waals surface area contributed by atoms with E-state index >= 15 is 0 Å². The summed E-state index contributed by atoms with van der Waals surface area (Å²) in [6, 6.07) is 14.5. The lowest BCUT2D eigenvalue weighted by Gasteiger charge is -2.33. The SMILES string of the molecule is N#CC1=C(N)OC2=C(CCC/C2=C/c2ccc(F)cc2)[C@H]1c1ccc(F)cc1. The van der Waals surface area contributed by atoms with E-state index in [-0.39, 0.29) is 23.4 Å². The molecule has 0 amide bonds. The Morgan fingerprint density at radius 3 is 2.29 bits per heavy atom. The number of rotatable bonds is 2. The van der Waals surface area contributed by atoms with Gasteiger partial charge in [0.15, 0.2) is 0 Å². The Morgan fingerprint density at radius 2 is 1.64 bits per heavy atom. The largest absolute Gasteiger partial charge is 0.440 e. The summed E-state index contributed by atoms with van der Waals surface area (Å²) in [6.45, 7) is 0. The zero-order valence-corrected chi connectivity index (χ0v) is 15.1. The lowest BCUT2D eigenvalue weighted by atomic mass is 9.77. The van der Waals surface area contributed by atoms with Crippen molar-refractivity contribution in [2.24, 2.45) is 5.73 Å². The van der Waals surface area contributed by atoms with Gasteiger partial charge in [0.05, 0.1) is 0 Å². The molecule has 2 aliphatic rings. The van der Waals surface area contributed by atoms with Crippen LogP contribution in [0.4, 0.5) is 8.78 Å². The fourth-order valence-corrected chi connectivity index (χ4v) is 3.83. The van der Waals surface area contributed by atoms with Gasteiger partial charge in [0.2, 0.25) is 5.88 Å². The van der Waals surface area contributed by atoms with Crippen LogP contribution in [0.2, 0.25) is 0 Å². The van der Waals surface area contributed by atoms with Gasteiger partial charge in [-0.25, -0.2) is 8.78 Å². The van der Waals surface area contributed by atoms with E-state index in [4.69, 9.17) is 10.5 Å². The van der Waals surface area contributed by atoms with Gasteiger partial charge in [0.1, 0.15) is 29.0 Å². The molecule has 0 aromatic heterocycles. The van der Waals surface area contributed by atoms with E-state index in [1.165, 1.54) is 24.3 Å². The molecule has 0 saturated carbocycles. The van der Waals surface area contributed by atoms with Crippen molar-refractivity contribution in [3.05, 3.63) is 99.7 Å². The average Bonchev–Trinajstić information content (AvgIpc) is 2.70. The van der Waals surface area contributed by atoms with Gasteiger partial charge >= 0.3 is 0 Å². The minimum atomic E-state index is -0.355. The summed E-state index contributed by atoms with van der Waals surface area (Å²) in [7, 11) is 0. The molecule has 2 aromatic rings. The highest BCUT2D eigenvalue weighted by Gasteiger charge is 2.35. The average molecular weight is 376 g/mol. The lowest BCUT2D eigenvalue weighted by Crippen LogP contribution is -2.23. The van der Waals surface area contributed by atoms with Gasteiger partial charge in [-0.15, -0.1) is 0 Å². The maximum absolute atomic E-state index is 13.4. The summed E-state index contributed by atoms with van der Waals surface area (Å²) in [4.78, 5) is 0. The maximum atomic E-state index is 13.4. The Morgan fingerprint density at radius 1 is 1.00 bits per heavy atom. The highest BCUT2D eigenvalue weighted by molar-refractivity contribution is 5.62. The lowest BCUT2D eigenvalue weighted by molar-refractivity contribution is 0.277. The number of allylic oxidation sites excluding steroid dienone is 3. The molecule has 28 heavy (non-hydrogen) atoms. The van der Waals surface area contributed by atoms with E-state index < -0.39 is 0 Å². The Kier molecular flexibility index (Phi) is 4.70. The zero-order valence-electron chi connectivity index (χ0n) is 15.1. The smallest absolute Gasteiger partial charge is 0.205 e. The number of benzene rings is 2. The molecular weight excluding hydrogens is 358 g/mol. The van der Waals surface area contributed by atoms with Crippen LogP contribution in [0.25, 0.3) is 6.08 Å². The second kappa shape index (κ2) is 7.32. The predicted octanol–water partition coefficient (Wildman–Crippen LogP) is 5.29. The van der Waals surface area contributed by atoms with Crippen molar-refractivity contribution in [1.29, 1.82) is 5.26 Å². The van der Waals surface area contributed by atoms with Crippen LogP contribution in [0, 0.1) is 23.0 Å². The van der Waals surface area contributed by atoms with Crippen LogP contribution in [0.3, 0.4) is 0 Å². The fraction of sp³-hybridized carbons (Fsp3) is 0.174. The first kappa shape index (κ1) is 18.0. The number of nitrogens with two attached hydrogens (primary N) is 1. The minimum absolute atomic E-state index is 0.0717. The second-order valence-electron chi connectivity index (χ2n) is 6.91. The molecule has 5 heteroatoms. The molecule has 1 heterocycles. The molecule has 0 fully saturated rings. The fourth-order valence-electron chi connectivity index (χ4n) is 3.83. The molecule has 0 radical (unpaired) electrons. The predicted molar refractivity (Wildman–Crippen MR) is 102 cm³/mol. The van der Waals surface area contributed by atoms with Crippen LogP contribution in [-0.4, -0.2) is 0 Å². The second-order valence-corrected chi connectivity index (χ2v) is 6.91. The van der Waals surface area contributed by atoms with E-state index in [0.717, 1.165) is 41.5 Å². The van der Waals surface area contributed by atoms with Gasteiger partial charge in [0, 0.05) is 5.92 Å². The van der Waals surface area contributed by atoms with Crippen molar-refractivity contribution in [2.75, 3.05) is 0 Å². The molecule has 140 valence electrons. The van der Waals surface area contributed by atoms with E-state index in [0.29, 0.717) is 11.3 Å². The number of halogens is 2. The van der Waals surface area contributed by atoms with Crippen molar-refractivity contribution >= 4 is 6.08 Å². The number of ether oxygens (including phenoxy) is 1. The van der Waals surface area contributed by atoms with E-state index in [1.807, 2.05) is 6.08 Å². The van der Waals surface area contributed by atoms with Gasteiger partial charge in [0.25, 0.3) is 0 Å². The monoisotopic (exact) mass is 376 g/mol. The van der Waals surface area contributed by atoms with E-state index in [9.17, 15) is 14.0 Å². The minimum Gasteiger partial charge on any atom is -0.440 e.